The molecule has 2 aliphatic rings. The van der Waals surface area contributed by atoms with Crippen molar-refractivity contribution in [2.24, 2.45) is 17.6 Å². The van der Waals surface area contributed by atoms with Crippen LogP contribution in [0.5, 0.6) is 0 Å². The van der Waals surface area contributed by atoms with Crippen molar-refractivity contribution in [3.63, 3.8) is 0 Å². The van der Waals surface area contributed by atoms with E-state index in [0.29, 0.717) is 6.04 Å². The molecule has 3 unspecified atom stereocenters. The molecule has 1 aromatic rings. The van der Waals surface area contributed by atoms with E-state index >= 15 is 0 Å². The van der Waals surface area contributed by atoms with Crippen molar-refractivity contribution >= 4 is 0 Å². The van der Waals surface area contributed by atoms with Crippen molar-refractivity contribution in [1.82, 2.24) is 9.78 Å². The van der Waals surface area contributed by atoms with E-state index in [4.69, 9.17) is 10.8 Å². The second-order valence-electron chi connectivity index (χ2n) is 7.82. The maximum absolute atomic E-state index is 6.68. The predicted molar refractivity (Wildman–Crippen MR) is 87.2 cm³/mol. The number of hydrogen-bond acceptors (Lipinski definition) is 2. The number of rotatable bonds is 3. The largest absolute Gasteiger partial charge is 0.325 e. The normalized spacial score (nSPS) is 35.0. The zero-order valence-electron chi connectivity index (χ0n) is 13.7. The fraction of sp³-hybridized carbons (Fsp3) is 0.833. The number of nitrogens with zero attached hydrogens (tertiary/aromatic N) is 2. The second kappa shape index (κ2) is 6.12. The number of aromatic nitrogens is 2. The first-order valence-corrected chi connectivity index (χ1v) is 8.89. The molecular weight excluding hydrogens is 258 g/mol. The van der Waals surface area contributed by atoms with Gasteiger partial charge in [0.15, 0.2) is 0 Å². The molecule has 2 fully saturated rings. The molecule has 0 radical (unpaired) electrons. The van der Waals surface area contributed by atoms with Crippen LogP contribution in [0, 0.1) is 11.8 Å². The SMILES string of the molecule is CC1CCC(N)(Cc2ccn(C3CCCCC3)n2)CC1C. The van der Waals surface area contributed by atoms with Crippen molar-refractivity contribution in [2.75, 3.05) is 0 Å². The van der Waals surface area contributed by atoms with Crippen LogP contribution in [0.3, 0.4) is 0 Å². The second-order valence-corrected chi connectivity index (χ2v) is 7.82. The van der Waals surface area contributed by atoms with Crippen molar-refractivity contribution in [3.05, 3.63) is 18.0 Å². The minimum absolute atomic E-state index is 0.0301. The average Bonchev–Trinajstić information content (AvgIpc) is 2.92. The van der Waals surface area contributed by atoms with Crippen LogP contribution in [-0.2, 0) is 6.42 Å². The van der Waals surface area contributed by atoms with Gasteiger partial charge in [-0.05, 0) is 50.0 Å². The summed E-state index contributed by atoms with van der Waals surface area (Å²) in [5.74, 6) is 1.56. The van der Waals surface area contributed by atoms with Gasteiger partial charge in [0.05, 0.1) is 11.7 Å². The van der Waals surface area contributed by atoms with Crippen LogP contribution in [-0.4, -0.2) is 15.3 Å². The Balaban J connectivity index is 1.63. The Bertz CT molecular complexity index is 461. The minimum atomic E-state index is -0.0301. The summed E-state index contributed by atoms with van der Waals surface area (Å²) in [4.78, 5) is 0. The third-order valence-corrected chi connectivity index (χ3v) is 5.94. The Morgan fingerprint density at radius 3 is 2.67 bits per heavy atom. The third-order valence-electron chi connectivity index (χ3n) is 5.94. The van der Waals surface area contributed by atoms with E-state index in [1.165, 1.54) is 44.2 Å². The zero-order chi connectivity index (χ0) is 14.9. The highest BCUT2D eigenvalue weighted by Gasteiger charge is 2.35. The Morgan fingerprint density at radius 2 is 1.95 bits per heavy atom. The Hall–Kier alpha value is -0.830. The first-order valence-electron chi connectivity index (χ1n) is 8.89. The molecule has 0 aromatic carbocycles. The quantitative estimate of drug-likeness (QED) is 0.911. The molecule has 0 saturated heterocycles. The Labute approximate surface area is 129 Å². The van der Waals surface area contributed by atoms with E-state index in [9.17, 15) is 0 Å². The molecule has 0 amide bonds. The van der Waals surface area contributed by atoms with E-state index in [-0.39, 0.29) is 5.54 Å². The topological polar surface area (TPSA) is 43.8 Å². The Kier molecular flexibility index (Phi) is 4.39. The highest BCUT2D eigenvalue weighted by Crippen LogP contribution is 2.36. The molecule has 0 bridgehead atoms. The molecule has 21 heavy (non-hydrogen) atoms. The summed E-state index contributed by atoms with van der Waals surface area (Å²) in [6.07, 6.45) is 13.4. The molecule has 3 rings (SSSR count). The van der Waals surface area contributed by atoms with Crippen LogP contribution in [0.15, 0.2) is 12.3 Å². The van der Waals surface area contributed by atoms with Crippen molar-refractivity contribution in [2.45, 2.75) is 83.2 Å². The van der Waals surface area contributed by atoms with Gasteiger partial charge in [-0.3, -0.25) is 4.68 Å². The maximum Gasteiger partial charge on any atom is 0.0643 e. The molecule has 1 aromatic heterocycles. The highest BCUT2D eigenvalue weighted by molar-refractivity contribution is 5.08. The van der Waals surface area contributed by atoms with Crippen LogP contribution < -0.4 is 5.73 Å². The van der Waals surface area contributed by atoms with Gasteiger partial charge in [-0.25, -0.2) is 0 Å². The van der Waals surface area contributed by atoms with E-state index in [1.807, 2.05) is 0 Å². The lowest BCUT2D eigenvalue weighted by Gasteiger charge is -2.40. The number of hydrogen-bond donors (Lipinski definition) is 1. The Morgan fingerprint density at radius 1 is 1.19 bits per heavy atom. The molecule has 1 heterocycles. The lowest BCUT2D eigenvalue weighted by Crippen LogP contribution is -2.47. The third kappa shape index (κ3) is 3.50. The van der Waals surface area contributed by atoms with Crippen molar-refractivity contribution in [3.8, 4) is 0 Å². The lowest BCUT2D eigenvalue weighted by atomic mass is 9.70. The molecule has 3 heteroatoms. The highest BCUT2D eigenvalue weighted by atomic mass is 15.3. The first-order chi connectivity index (χ1) is 10.1. The molecule has 2 aliphatic carbocycles. The summed E-state index contributed by atoms with van der Waals surface area (Å²) < 4.78 is 2.22. The fourth-order valence-electron chi connectivity index (χ4n) is 4.29. The summed E-state index contributed by atoms with van der Waals surface area (Å²) in [5, 5.41) is 4.85. The monoisotopic (exact) mass is 289 g/mol. The standard InChI is InChI=1S/C18H31N3/c1-14-8-10-18(19,12-15(14)2)13-16-9-11-21(20-16)17-6-4-3-5-7-17/h9,11,14-15,17H,3-8,10,12-13,19H2,1-2H3. The molecule has 3 atom stereocenters. The smallest absolute Gasteiger partial charge is 0.0643 e. The number of nitrogens with two attached hydrogens (primary N) is 1. The molecular formula is C18H31N3. The summed E-state index contributed by atoms with van der Waals surface area (Å²) in [7, 11) is 0. The van der Waals surface area contributed by atoms with Gasteiger partial charge in [0.25, 0.3) is 0 Å². The van der Waals surface area contributed by atoms with Crippen LogP contribution in [0.25, 0.3) is 0 Å². The summed E-state index contributed by atoms with van der Waals surface area (Å²) in [6, 6.07) is 2.83. The van der Waals surface area contributed by atoms with Crippen molar-refractivity contribution < 1.29 is 0 Å². The van der Waals surface area contributed by atoms with E-state index in [1.54, 1.807) is 0 Å². The van der Waals surface area contributed by atoms with Gasteiger partial charge in [0.1, 0.15) is 0 Å². The van der Waals surface area contributed by atoms with Crippen LogP contribution in [0.1, 0.15) is 76.9 Å². The van der Waals surface area contributed by atoms with Gasteiger partial charge < -0.3 is 5.73 Å². The van der Waals surface area contributed by atoms with Crippen LogP contribution in [0.4, 0.5) is 0 Å². The summed E-state index contributed by atoms with van der Waals surface area (Å²) in [6.45, 7) is 4.72. The predicted octanol–water partition coefficient (Wildman–Crippen LogP) is 4.08. The van der Waals surface area contributed by atoms with Gasteiger partial charge in [0.2, 0.25) is 0 Å². The van der Waals surface area contributed by atoms with Gasteiger partial charge in [-0.2, -0.15) is 5.10 Å². The molecule has 118 valence electrons. The van der Waals surface area contributed by atoms with Gasteiger partial charge in [-0.1, -0.05) is 33.1 Å². The van der Waals surface area contributed by atoms with Crippen LogP contribution in [0.2, 0.25) is 0 Å². The lowest BCUT2D eigenvalue weighted by molar-refractivity contribution is 0.174. The molecule has 3 nitrogen and oxygen atoms in total. The van der Waals surface area contributed by atoms with E-state index < -0.39 is 0 Å². The molecule has 2 saturated carbocycles. The molecule has 2 N–H and O–H groups in total. The zero-order valence-corrected chi connectivity index (χ0v) is 13.7. The fourth-order valence-corrected chi connectivity index (χ4v) is 4.29. The van der Waals surface area contributed by atoms with E-state index in [0.717, 1.165) is 31.1 Å². The van der Waals surface area contributed by atoms with Gasteiger partial charge in [-0.15, -0.1) is 0 Å². The maximum atomic E-state index is 6.68. The first kappa shape index (κ1) is 15.1. The minimum Gasteiger partial charge on any atom is -0.325 e. The summed E-state index contributed by atoms with van der Waals surface area (Å²) in [5.41, 5.74) is 7.85. The van der Waals surface area contributed by atoms with Crippen LogP contribution >= 0.6 is 0 Å². The average molecular weight is 289 g/mol. The summed E-state index contributed by atoms with van der Waals surface area (Å²) >= 11 is 0. The van der Waals surface area contributed by atoms with E-state index in [2.05, 4.69) is 30.8 Å². The van der Waals surface area contributed by atoms with Gasteiger partial charge in [0, 0.05) is 18.2 Å². The van der Waals surface area contributed by atoms with Gasteiger partial charge >= 0.3 is 0 Å². The van der Waals surface area contributed by atoms with Crippen molar-refractivity contribution in [1.29, 1.82) is 0 Å². The molecule has 0 spiro atoms. The molecule has 0 aliphatic heterocycles.